The average molecular weight is 524 g/mol. The average Bonchev–Trinajstić information content (AvgIpc) is 3.19. The van der Waals surface area contributed by atoms with Crippen molar-refractivity contribution in [1.82, 2.24) is 14.7 Å². The van der Waals surface area contributed by atoms with Gasteiger partial charge in [0.05, 0.1) is 6.04 Å². The van der Waals surface area contributed by atoms with Crippen LogP contribution in [0.3, 0.4) is 0 Å². The lowest BCUT2D eigenvalue weighted by Gasteiger charge is -2.35. The van der Waals surface area contributed by atoms with E-state index in [1.54, 1.807) is 29.2 Å². The van der Waals surface area contributed by atoms with Gasteiger partial charge in [0.15, 0.2) is 11.7 Å². The van der Waals surface area contributed by atoms with E-state index in [1.165, 1.54) is 0 Å². The summed E-state index contributed by atoms with van der Waals surface area (Å²) >= 11 is 12.4. The highest BCUT2D eigenvalue weighted by Crippen LogP contribution is 2.46. The SMILES string of the molecule is O=C(c1nn2c(c1Cl)N[C@H](c1ccc(Cl)cc1)C[C@@H]2C(F)(F)F)N1CCN(c2ccccc2)CC1. The molecule has 1 N–H and O–H groups in total. The van der Waals surface area contributed by atoms with Crippen LogP contribution in [0.2, 0.25) is 10.0 Å². The van der Waals surface area contributed by atoms with Crippen molar-refractivity contribution >= 4 is 40.6 Å². The van der Waals surface area contributed by atoms with Crippen molar-refractivity contribution in [1.29, 1.82) is 0 Å². The monoisotopic (exact) mass is 523 g/mol. The van der Waals surface area contributed by atoms with Crippen molar-refractivity contribution in [3.63, 3.8) is 0 Å². The second-order valence-corrected chi connectivity index (χ2v) is 9.43. The van der Waals surface area contributed by atoms with Gasteiger partial charge in [-0.3, -0.25) is 4.79 Å². The first kappa shape index (κ1) is 23.8. The zero-order valence-corrected chi connectivity index (χ0v) is 20.0. The van der Waals surface area contributed by atoms with E-state index in [1.807, 2.05) is 30.3 Å². The molecule has 35 heavy (non-hydrogen) atoms. The quantitative estimate of drug-likeness (QED) is 0.470. The number of nitrogens with zero attached hydrogens (tertiary/aromatic N) is 4. The van der Waals surface area contributed by atoms with Crippen LogP contribution in [-0.2, 0) is 0 Å². The van der Waals surface area contributed by atoms with Crippen LogP contribution in [0.5, 0.6) is 0 Å². The molecule has 3 aromatic rings. The number of carbonyl (C=O) groups excluding carboxylic acids is 1. The number of nitrogens with one attached hydrogen (secondary N) is 1. The maximum absolute atomic E-state index is 14.0. The van der Waals surface area contributed by atoms with Gasteiger partial charge >= 0.3 is 6.18 Å². The number of aromatic nitrogens is 2. The molecule has 0 bridgehead atoms. The highest BCUT2D eigenvalue weighted by atomic mass is 35.5. The van der Waals surface area contributed by atoms with Crippen molar-refractivity contribution in [2.45, 2.75) is 24.7 Å². The van der Waals surface area contributed by atoms with Gasteiger partial charge in [-0.25, -0.2) is 4.68 Å². The summed E-state index contributed by atoms with van der Waals surface area (Å²) in [6.07, 6.45) is -4.86. The number of hydrogen-bond donors (Lipinski definition) is 1. The largest absolute Gasteiger partial charge is 0.410 e. The van der Waals surface area contributed by atoms with Gasteiger partial charge in [-0.2, -0.15) is 18.3 Å². The van der Waals surface area contributed by atoms with E-state index in [0.717, 1.165) is 10.4 Å². The summed E-state index contributed by atoms with van der Waals surface area (Å²) in [6, 6.07) is 13.8. The Morgan fingerprint density at radius 2 is 1.63 bits per heavy atom. The minimum absolute atomic E-state index is 0.00790. The Morgan fingerprint density at radius 3 is 2.26 bits per heavy atom. The van der Waals surface area contributed by atoms with Gasteiger partial charge in [0.2, 0.25) is 0 Å². The van der Waals surface area contributed by atoms with Gasteiger partial charge in [-0.15, -0.1) is 0 Å². The summed E-state index contributed by atoms with van der Waals surface area (Å²) in [5, 5.41) is 7.51. The molecule has 1 amide bonds. The minimum atomic E-state index is -4.57. The Labute approximate surface area is 210 Å². The number of anilines is 2. The normalized spacial score (nSPS) is 20.4. The maximum Gasteiger partial charge on any atom is 0.410 e. The van der Waals surface area contributed by atoms with Gasteiger partial charge in [-0.1, -0.05) is 53.5 Å². The molecule has 11 heteroatoms. The van der Waals surface area contributed by atoms with Crippen LogP contribution in [0, 0.1) is 0 Å². The molecule has 5 rings (SSSR count). The third kappa shape index (κ3) is 4.67. The van der Waals surface area contributed by atoms with Crippen LogP contribution in [0.1, 0.15) is 34.6 Å². The van der Waals surface area contributed by atoms with E-state index in [2.05, 4.69) is 15.3 Å². The first-order valence-electron chi connectivity index (χ1n) is 11.2. The van der Waals surface area contributed by atoms with E-state index < -0.39 is 24.2 Å². The summed E-state index contributed by atoms with van der Waals surface area (Å²) in [5.74, 6) is -0.484. The highest BCUT2D eigenvalue weighted by molar-refractivity contribution is 6.36. The fourth-order valence-corrected chi connectivity index (χ4v) is 4.98. The number of carbonyl (C=O) groups is 1. The molecule has 1 saturated heterocycles. The third-order valence-corrected chi connectivity index (χ3v) is 7.07. The molecule has 2 aliphatic rings. The second kappa shape index (κ2) is 9.28. The van der Waals surface area contributed by atoms with Crippen LogP contribution in [0.4, 0.5) is 24.7 Å². The molecule has 2 aromatic carbocycles. The first-order valence-corrected chi connectivity index (χ1v) is 11.9. The van der Waals surface area contributed by atoms with Crippen molar-refractivity contribution in [3.8, 4) is 0 Å². The molecule has 0 unspecified atom stereocenters. The third-order valence-electron chi connectivity index (χ3n) is 6.46. The molecule has 0 spiro atoms. The lowest BCUT2D eigenvalue weighted by molar-refractivity contribution is -0.173. The molecule has 2 aliphatic heterocycles. The number of fused-ring (bicyclic) bond motifs is 1. The maximum atomic E-state index is 14.0. The predicted molar refractivity (Wildman–Crippen MR) is 129 cm³/mol. The van der Waals surface area contributed by atoms with Crippen LogP contribution in [0.15, 0.2) is 54.6 Å². The molecule has 3 heterocycles. The van der Waals surface area contributed by atoms with Gasteiger partial charge in [-0.05, 0) is 29.8 Å². The van der Waals surface area contributed by atoms with Gasteiger partial charge < -0.3 is 15.1 Å². The number of rotatable bonds is 3. The fraction of sp³-hybridized carbons (Fsp3) is 0.333. The number of para-hydroxylation sites is 1. The van der Waals surface area contributed by atoms with E-state index in [4.69, 9.17) is 23.2 Å². The second-order valence-electron chi connectivity index (χ2n) is 8.61. The number of benzene rings is 2. The van der Waals surface area contributed by atoms with Crippen LogP contribution < -0.4 is 10.2 Å². The summed E-state index contributed by atoms with van der Waals surface area (Å²) in [7, 11) is 0. The number of amides is 1. The Morgan fingerprint density at radius 1 is 0.971 bits per heavy atom. The Balaban J connectivity index is 1.39. The van der Waals surface area contributed by atoms with Gasteiger partial charge in [0.1, 0.15) is 10.8 Å². The number of alkyl halides is 3. The Hall–Kier alpha value is -2.91. The van der Waals surface area contributed by atoms with Crippen molar-refractivity contribution in [2.24, 2.45) is 0 Å². The van der Waals surface area contributed by atoms with Gasteiger partial charge in [0, 0.05) is 43.3 Å². The molecule has 2 atom stereocenters. The number of halogens is 5. The highest BCUT2D eigenvalue weighted by Gasteiger charge is 2.48. The lowest BCUT2D eigenvalue weighted by Crippen LogP contribution is -2.49. The van der Waals surface area contributed by atoms with Crippen LogP contribution in [-0.4, -0.2) is 52.9 Å². The van der Waals surface area contributed by atoms with Gasteiger partial charge in [0.25, 0.3) is 5.91 Å². The van der Waals surface area contributed by atoms with Crippen molar-refractivity contribution in [2.75, 3.05) is 36.4 Å². The predicted octanol–water partition coefficient (Wildman–Crippen LogP) is 5.81. The van der Waals surface area contributed by atoms with Crippen molar-refractivity contribution < 1.29 is 18.0 Å². The van der Waals surface area contributed by atoms with E-state index in [-0.39, 0.29) is 23.0 Å². The zero-order chi connectivity index (χ0) is 24.7. The summed E-state index contributed by atoms with van der Waals surface area (Å²) in [6.45, 7) is 2.03. The standard InChI is InChI=1S/C24H22Cl2F3N5O/c25-16-8-6-15(7-9-16)18-14-19(24(27,28)29)34-22(30-18)20(26)21(31-34)23(35)33-12-10-32(11-13-33)17-4-2-1-3-5-17/h1-9,18-19,30H,10-14H2/t18-,19+/m0/s1. The van der Waals surface area contributed by atoms with Crippen LogP contribution in [0.25, 0.3) is 0 Å². The van der Waals surface area contributed by atoms with E-state index in [0.29, 0.717) is 36.8 Å². The topological polar surface area (TPSA) is 53.4 Å². The molecular weight excluding hydrogens is 502 g/mol. The molecule has 1 aromatic heterocycles. The number of hydrogen-bond acceptors (Lipinski definition) is 4. The fourth-order valence-electron chi connectivity index (χ4n) is 4.60. The Bertz CT molecular complexity index is 1210. The molecule has 0 radical (unpaired) electrons. The molecule has 6 nitrogen and oxygen atoms in total. The first-order chi connectivity index (χ1) is 16.7. The van der Waals surface area contributed by atoms with E-state index in [9.17, 15) is 18.0 Å². The minimum Gasteiger partial charge on any atom is -0.368 e. The summed E-state index contributed by atoms with van der Waals surface area (Å²) in [5.41, 5.74) is 1.52. The molecular formula is C24H22Cl2F3N5O. The summed E-state index contributed by atoms with van der Waals surface area (Å²) < 4.78 is 42.9. The zero-order valence-electron chi connectivity index (χ0n) is 18.5. The molecule has 0 saturated carbocycles. The molecule has 184 valence electrons. The Kier molecular flexibility index (Phi) is 6.31. The molecule has 1 fully saturated rings. The van der Waals surface area contributed by atoms with Crippen molar-refractivity contribution in [3.05, 3.63) is 75.9 Å². The summed E-state index contributed by atoms with van der Waals surface area (Å²) in [4.78, 5) is 17.0. The smallest absolute Gasteiger partial charge is 0.368 e. The molecule has 0 aliphatic carbocycles. The van der Waals surface area contributed by atoms with E-state index >= 15 is 0 Å². The number of piperazine rings is 1. The van der Waals surface area contributed by atoms with Crippen LogP contribution >= 0.6 is 23.2 Å². The lowest BCUT2D eigenvalue weighted by atomic mass is 9.97.